The van der Waals surface area contributed by atoms with Crippen LogP contribution in [-0.2, 0) is 23.2 Å². The first-order valence-corrected chi connectivity index (χ1v) is 7.03. The number of aromatic nitrogens is 2. The molecule has 108 valence electrons. The topological polar surface area (TPSA) is 67.2 Å². The fraction of sp³-hybridized carbons (Fsp3) is 0.643. The summed E-state index contributed by atoms with van der Waals surface area (Å²) in [6.07, 6.45) is 5.65. The molecule has 1 saturated heterocycles. The molecule has 2 atom stereocenters. The van der Waals surface area contributed by atoms with E-state index in [2.05, 4.69) is 10.4 Å². The SMILES string of the molecule is CC1NC(=O)C(C)(C2CC2)N(Cc2cnn(C)c2)C1=O. The van der Waals surface area contributed by atoms with Crippen molar-refractivity contribution in [3.8, 4) is 0 Å². The second-order valence-corrected chi connectivity index (χ2v) is 6.06. The van der Waals surface area contributed by atoms with Crippen LogP contribution >= 0.6 is 0 Å². The summed E-state index contributed by atoms with van der Waals surface area (Å²) >= 11 is 0. The van der Waals surface area contributed by atoms with Crippen molar-refractivity contribution in [1.82, 2.24) is 20.0 Å². The molecule has 6 nitrogen and oxygen atoms in total. The van der Waals surface area contributed by atoms with Gasteiger partial charge in [-0.1, -0.05) is 0 Å². The number of nitrogens with zero attached hydrogens (tertiary/aromatic N) is 3. The van der Waals surface area contributed by atoms with Gasteiger partial charge in [-0.2, -0.15) is 5.10 Å². The van der Waals surface area contributed by atoms with Crippen molar-refractivity contribution in [2.24, 2.45) is 13.0 Å². The predicted molar refractivity (Wildman–Crippen MR) is 72.5 cm³/mol. The van der Waals surface area contributed by atoms with Crippen LogP contribution in [0.5, 0.6) is 0 Å². The Labute approximate surface area is 118 Å². The van der Waals surface area contributed by atoms with Gasteiger partial charge >= 0.3 is 0 Å². The van der Waals surface area contributed by atoms with Gasteiger partial charge in [0.15, 0.2) is 0 Å². The van der Waals surface area contributed by atoms with Gasteiger partial charge in [0.2, 0.25) is 11.8 Å². The molecule has 1 aromatic rings. The van der Waals surface area contributed by atoms with E-state index in [1.807, 2.05) is 20.2 Å². The molecule has 3 rings (SSSR count). The van der Waals surface area contributed by atoms with Gasteiger partial charge in [0, 0.05) is 25.4 Å². The second-order valence-electron chi connectivity index (χ2n) is 6.06. The lowest BCUT2D eigenvalue weighted by Gasteiger charge is -2.46. The Balaban J connectivity index is 1.93. The Morgan fingerprint density at radius 1 is 1.45 bits per heavy atom. The maximum absolute atomic E-state index is 12.5. The Bertz CT molecular complexity index is 563. The summed E-state index contributed by atoms with van der Waals surface area (Å²) in [5.74, 6) is 0.231. The molecule has 2 aliphatic rings. The molecule has 20 heavy (non-hydrogen) atoms. The van der Waals surface area contributed by atoms with Crippen LogP contribution in [0.25, 0.3) is 0 Å². The fourth-order valence-electron chi connectivity index (χ4n) is 3.02. The third-order valence-electron chi connectivity index (χ3n) is 4.48. The second kappa shape index (κ2) is 4.33. The van der Waals surface area contributed by atoms with E-state index in [-0.39, 0.29) is 17.7 Å². The zero-order chi connectivity index (χ0) is 14.5. The summed E-state index contributed by atoms with van der Waals surface area (Å²) in [4.78, 5) is 26.7. The van der Waals surface area contributed by atoms with Crippen LogP contribution in [0.1, 0.15) is 32.3 Å². The number of aryl methyl sites for hydroxylation is 1. The first kappa shape index (κ1) is 13.1. The Morgan fingerprint density at radius 2 is 2.15 bits per heavy atom. The van der Waals surface area contributed by atoms with Crippen molar-refractivity contribution in [3.05, 3.63) is 18.0 Å². The molecule has 2 heterocycles. The van der Waals surface area contributed by atoms with Gasteiger partial charge in [-0.25, -0.2) is 0 Å². The van der Waals surface area contributed by atoms with E-state index in [1.54, 1.807) is 22.7 Å². The number of carbonyl (C=O) groups is 2. The molecule has 0 aromatic carbocycles. The third kappa shape index (κ3) is 1.90. The standard InChI is InChI=1S/C14H20N4O2/c1-9-12(19)18(8-10-6-15-17(3)7-10)14(2,11-4-5-11)13(20)16-9/h6-7,9,11H,4-5,8H2,1-3H3,(H,16,20). The zero-order valence-corrected chi connectivity index (χ0v) is 12.1. The molecular weight excluding hydrogens is 256 g/mol. The highest BCUT2D eigenvalue weighted by atomic mass is 16.2. The quantitative estimate of drug-likeness (QED) is 0.871. The summed E-state index contributed by atoms with van der Waals surface area (Å²) in [6.45, 7) is 4.07. The van der Waals surface area contributed by atoms with Crippen LogP contribution in [-0.4, -0.2) is 38.1 Å². The third-order valence-corrected chi connectivity index (χ3v) is 4.48. The maximum atomic E-state index is 12.5. The molecule has 1 aliphatic carbocycles. The minimum Gasteiger partial charge on any atom is -0.343 e. The van der Waals surface area contributed by atoms with Crippen molar-refractivity contribution < 1.29 is 9.59 Å². The van der Waals surface area contributed by atoms with Gasteiger partial charge in [0.1, 0.15) is 11.6 Å². The van der Waals surface area contributed by atoms with Crippen LogP contribution < -0.4 is 5.32 Å². The van der Waals surface area contributed by atoms with Crippen LogP contribution in [0.3, 0.4) is 0 Å². The smallest absolute Gasteiger partial charge is 0.246 e. The molecule has 0 bridgehead atoms. The molecular formula is C14H20N4O2. The molecule has 6 heteroatoms. The Morgan fingerprint density at radius 3 is 2.70 bits per heavy atom. The number of piperazine rings is 1. The average molecular weight is 276 g/mol. The van der Waals surface area contributed by atoms with E-state index in [1.165, 1.54) is 0 Å². The van der Waals surface area contributed by atoms with Crippen LogP contribution in [0, 0.1) is 5.92 Å². The zero-order valence-electron chi connectivity index (χ0n) is 12.1. The Hall–Kier alpha value is -1.85. The summed E-state index contributed by atoms with van der Waals surface area (Å²) in [7, 11) is 1.84. The van der Waals surface area contributed by atoms with Crippen molar-refractivity contribution in [3.63, 3.8) is 0 Å². The van der Waals surface area contributed by atoms with E-state index in [9.17, 15) is 9.59 Å². The molecule has 0 radical (unpaired) electrons. The molecule has 2 amide bonds. The normalized spacial score (nSPS) is 30.6. The van der Waals surface area contributed by atoms with Crippen LogP contribution in [0.15, 0.2) is 12.4 Å². The number of carbonyl (C=O) groups excluding carboxylic acids is 2. The lowest BCUT2D eigenvalue weighted by molar-refractivity contribution is -0.158. The van der Waals surface area contributed by atoms with Crippen LogP contribution in [0.2, 0.25) is 0 Å². The maximum Gasteiger partial charge on any atom is 0.246 e. The van der Waals surface area contributed by atoms with Crippen molar-refractivity contribution in [1.29, 1.82) is 0 Å². The van der Waals surface area contributed by atoms with E-state index in [0.717, 1.165) is 18.4 Å². The monoisotopic (exact) mass is 276 g/mol. The number of nitrogens with one attached hydrogen (secondary N) is 1. The predicted octanol–water partition coefficient (Wildman–Crippen LogP) is 0.436. The first-order valence-electron chi connectivity index (χ1n) is 7.03. The minimum atomic E-state index is -0.723. The highest BCUT2D eigenvalue weighted by Gasteiger charge is 2.56. The number of hydrogen-bond acceptors (Lipinski definition) is 3. The van der Waals surface area contributed by atoms with Crippen molar-refractivity contribution in [2.75, 3.05) is 0 Å². The fourth-order valence-corrected chi connectivity index (χ4v) is 3.02. The molecule has 0 spiro atoms. The molecule has 1 saturated carbocycles. The number of amides is 2. The summed E-state index contributed by atoms with van der Waals surface area (Å²) < 4.78 is 1.71. The van der Waals surface area contributed by atoms with E-state index in [0.29, 0.717) is 6.54 Å². The lowest BCUT2D eigenvalue weighted by Crippen LogP contribution is -2.69. The molecule has 2 fully saturated rings. The summed E-state index contributed by atoms with van der Waals surface area (Å²) in [5.41, 5.74) is 0.231. The average Bonchev–Trinajstić information content (AvgIpc) is 3.17. The van der Waals surface area contributed by atoms with E-state index >= 15 is 0 Å². The molecule has 1 N–H and O–H groups in total. The highest BCUT2D eigenvalue weighted by Crippen LogP contribution is 2.45. The highest BCUT2D eigenvalue weighted by molar-refractivity contribution is 5.99. The summed E-state index contributed by atoms with van der Waals surface area (Å²) in [6, 6.07) is -0.453. The minimum absolute atomic E-state index is 0.0112. The lowest BCUT2D eigenvalue weighted by atomic mass is 9.88. The number of rotatable bonds is 3. The van der Waals surface area contributed by atoms with Crippen molar-refractivity contribution >= 4 is 11.8 Å². The Kier molecular flexibility index (Phi) is 2.84. The van der Waals surface area contributed by atoms with Crippen molar-refractivity contribution in [2.45, 2.75) is 44.8 Å². The van der Waals surface area contributed by atoms with Gasteiger partial charge in [-0.15, -0.1) is 0 Å². The van der Waals surface area contributed by atoms with E-state index < -0.39 is 11.6 Å². The first-order chi connectivity index (χ1) is 9.42. The molecule has 2 unspecified atom stereocenters. The van der Waals surface area contributed by atoms with Gasteiger partial charge in [-0.05, 0) is 32.6 Å². The van der Waals surface area contributed by atoms with Gasteiger partial charge in [-0.3, -0.25) is 14.3 Å². The van der Waals surface area contributed by atoms with Gasteiger partial charge in [0.25, 0.3) is 0 Å². The molecule has 1 aliphatic heterocycles. The van der Waals surface area contributed by atoms with Gasteiger partial charge in [0.05, 0.1) is 6.20 Å². The number of hydrogen-bond donors (Lipinski definition) is 1. The largest absolute Gasteiger partial charge is 0.343 e. The van der Waals surface area contributed by atoms with Gasteiger partial charge < -0.3 is 10.2 Å². The van der Waals surface area contributed by atoms with Crippen LogP contribution in [0.4, 0.5) is 0 Å². The molecule has 1 aromatic heterocycles. The van der Waals surface area contributed by atoms with E-state index in [4.69, 9.17) is 0 Å². The summed E-state index contributed by atoms with van der Waals surface area (Å²) in [5, 5.41) is 6.94.